The molecule has 0 radical (unpaired) electrons. The first-order valence-electron chi connectivity index (χ1n) is 10.1. The van der Waals surface area contributed by atoms with Gasteiger partial charge in [0.1, 0.15) is 17.7 Å². The summed E-state index contributed by atoms with van der Waals surface area (Å²) in [4.78, 5) is 16.6. The molecule has 0 spiro atoms. The van der Waals surface area contributed by atoms with Crippen LogP contribution in [0.4, 0.5) is 8.78 Å². The van der Waals surface area contributed by atoms with Gasteiger partial charge in [-0.25, -0.2) is 8.78 Å². The molecule has 2 aliphatic heterocycles. The number of nitrogens with zero attached hydrogens (tertiary/aromatic N) is 2. The van der Waals surface area contributed by atoms with Crippen molar-refractivity contribution in [3.05, 3.63) is 65.0 Å². The lowest BCUT2D eigenvalue weighted by molar-refractivity contribution is -0.133. The number of carbonyl (C=O) groups is 1. The molecule has 0 saturated carbocycles. The fourth-order valence-corrected chi connectivity index (χ4v) is 4.48. The maximum atomic E-state index is 14.9. The first-order valence-corrected chi connectivity index (χ1v) is 10.1. The molecule has 2 heterocycles. The minimum Gasteiger partial charge on any atom is -0.508 e. The summed E-state index contributed by atoms with van der Waals surface area (Å²) in [6.45, 7) is 3.60. The van der Waals surface area contributed by atoms with Crippen molar-refractivity contribution in [3.63, 3.8) is 0 Å². The Kier molecular flexibility index (Phi) is 5.54. The zero-order chi connectivity index (χ0) is 20.5. The second kappa shape index (κ2) is 8.11. The number of benzene rings is 2. The van der Waals surface area contributed by atoms with Gasteiger partial charge in [-0.1, -0.05) is 24.3 Å². The van der Waals surface area contributed by atoms with Crippen molar-refractivity contribution < 1.29 is 18.7 Å². The van der Waals surface area contributed by atoms with Crippen LogP contribution in [0.5, 0.6) is 5.75 Å². The molecule has 0 aliphatic carbocycles. The molecule has 2 saturated heterocycles. The second-order valence-corrected chi connectivity index (χ2v) is 8.15. The monoisotopic (exact) mass is 400 g/mol. The molecule has 3 atom stereocenters. The van der Waals surface area contributed by atoms with Crippen LogP contribution < -0.4 is 0 Å². The average Bonchev–Trinajstić information content (AvgIpc) is 3.06. The summed E-state index contributed by atoms with van der Waals surface area (Å²) in [6, 6.07) is 11.5. The standard InChI is InChI=1S/C23H26F2N2O2/c1-15-2-3-16(12-20(15)24)13-27-11-9-22(23(27)29)26-10-8-19(21(25)14-26)17-4-6-18(28)7-5-17/h2-7,12,19,21-22,28H,8-11,13-14H2,1H3/t19-,21+,22+/m0/s1. The van der Waals surface area contributed by atoms with Crippen LogP contribution in [0.2, 0.25) is 0 Å². The summed E-state index contributed by atoms with van der Waals surface area (Å²) < 4.78 is 28.7. The van der Waals surface area contributed by atoms with E-state index in [-0.39, 0.29) is 36.0 Å². The molecule has 0 unspecified atom stereocenters. The summed E-state index contributed by atoms with van der Waals surface area (Å²) in [6.07, 6.45) is 0.254. The van der Waals surface area contributed by atoms with Crippen LogP contribution >= 0.6 is 0 Å². The summed E-state index contributed by atoms with van der Waals surface area (Å²) in [5.41, 5.74) is 2.25. The second-order valence-electron chi connectivity index (χ2n) is 8.15. The quantitative estimate of drug-likeness (QED) is 0.850. The van der Waals surface area contributed by atoms with Gasteiger partial charge in [0.2, 0.25) is 5.91 Å². The van der Waals surface area contributed by atoms with Crippen LogP contribution in [-0.4, -0.2) is 52.7 Å². The molecule has 0 bridgehead atoms. The third kappa shape index (κ3) is 4.13. The third-order valence-corrected chi connectivity index (χ3v) is 6.21. The molecule has 6 heteroatoms. The number of aromatic hydroxyl groups is 1. The third-order valence-electron chi connectivity index (χ3n) is 6.21. The van der Waals surface area contributed by atoms with E-state index in [0.717, 1.165) is 11.1 Å². The van der Waals surface area contributed by atoms with Crippen LogP contribution in [0, 0.1) is 12.7 Å². The van der Waals surface area contributed by atoms with Crippen molar-refractivity contribution in [1.29, 1.82) is 0 Å². The fraction of sp³-hybridized carbons (Fsp3) is 0.435. The van der Waals surface area contributed by atoms with E-state index >= 15 is 0 Å². The number of alkyl halides is 1. The van der Waals surface area contributed by atoms with Gasteiger partial charge >= 0.3 is 0 Å². The largest absolute Gasteiger partial charge is 0.508 e. The summed E-state index contributed by atoms with van der Waals surface area (Å²) >= 11 is 0. The number of phenolic OH excluding ortho intramolecular Hbond substituents is 1. The van der Waals surface area contributed by atoms with Gasteiger partial charge in [-0.05, 0) is 61.2 Å². The van der Waals surface area contributed by atoms with Gasteiger partial charge in [0, 0.05) is 25.6 Å². The van der Waals surface area contributed by atoms with Crippen LogP contribution in [0.3, 0.4) is 0 Å². The normalized spacial score (nSPS) is 25.6. The maximum Gasteiger partial charge on any atom is 0.240 e. The number of rotatable bonds is 4. The molecule has 2 aromatic rings. The summed E-state index contributed by atoms with van der Waals surface area (Å²) in [7, 11) is 0. The minimum atomic E-state index is -1.05. The SMILES string of the molecule is Cc1ccc(CN2CC[C@@H](N3CC[C@@H](c4ccc(O)cc4)[C@H](F)C3)C2=O)cc1F. The van der Waals surface area contributed by atoms with Crippen LogP contribution in [-0.2, 0) is 11.3 Å². The molecular weight excluding hydrogens is 374 g/mol. The van der Waals surface area contributed by atoms with E-state index in [4.69, 9.17) is 0 Å². The van der Waals surface area contributed by atoms with E-state index in [1.54, 1.807) is 42.2 Å². The number of hydrogen-bond donors (Lipinski definition) is 1. The Balaban J connectivity index is 1.38. The zero-order valence-electron chi connectivity index (χ0n) is 16.5. The van der Waals surface area contributed by atoms with Crippen molar-refractivity contribution in [3.8, 4) is 5.75 Å². The van der Waals surface area contributed by atoms with Crippen molar-refractivity contribution in [2.45, 2.75) is 44.4 Å². The lowest BCUT2D eigenvalue weighted by atomic mass is 9.87. The van der Waals surface area contributed by atoms with Crippen molar-refractivity contribution >= 4 is 5.91 Å². The highest BCUT2D eigenvalue weighted by Gasteiger charge is 2.40. The fourth-order valence-electron chi connectivity index (χ4n) is 4.48. The summed E-state index contributed by atoms with van der Waals surface area (Å²) in [5.74, 6) is -0.301. The molecule has 2 aliphatic rings. The molecule has 4 rings (SSSR count). The first kappa shape index (κ1) is 19.8. The number of halogens is 2. The molecular formula is C23H26F2N2O2. The zero-order valence-corrected chi connectivity index (χ0v) is 16.5. The smallest absolute Gasteiger partial charge is 0.240 e. The molecule has 0 aromatic heterocycles. The van der Waals surface area contributed by atoms with Crippen molar-refractivity contribution in [1.82, 2.24) is 9.80 Å². The van der Waals surface area contributed by atoms with E-state index in [9.17, 15) is 18.7 Å². The molecule has 2 fully saturated rings. The van der Waals surface area contributed by atoms with E-state index in [1.165, 1.54) is 6.07 Å². The van der Waals surface area contributed by atoms with E-state index < -0.39 is 6.17 Å². The topological polar surface area (TPSA) is 43.8 Å². The van der Waals surface area contributed by atoms with Crippen molar-refractivity contribution in [2.75, 3.05) is 19.6 Å². The Morgan fingerprint density at radius 2 is 1.86 bits per heavy atom. The maximum absolute atomic E-state index is 14.9. The molecule has 154 valence electrons. The van der Waals surface area contributed by atoms with Crippen molar-refractivity contribution in [2.24, 2.45) is 0 Å². The van der Waals surface area contributed by atoms with Gasteiger partial charge in [-0.15, -0.1) is 0 Å². The number of phenols is 1. The number of amides is 1. The van der Waals surface area contributed by atoms with Gasteiger partial charge in [0.25, 0.3) is 0 Å². The molecule has 2 aromatic carbocycles. The van der Waals surface area contributed by atoms with Crippen LogP contribution in [0.25, 0.3) is 0 Å². The van der Waals surface area contributed by atoms with E-state index in [2.05, 4.69) is 0 Å². The number of carbonyl (C=O) groups excluding carboxylic acids is 1. The Labute approximate surface area is 169 Å². The van der Waals surface area contributed by atoms with Gasteiger partial charge in [0.05, 0.1) is 6.04 Å². The number of piperidine rings is 1. The highest BCUT2D eigenvalue weighted by molar-refractivity contribution is 5.84. The summed E-state index contributed by atoms with van der Waals surface area (Å²) in [5, 5.41) is 9.43. The Morgan fingerprint density at radius 1 is 1.10 bits per heavy atom. The van der Waals surface area contributed by atoms with Crippen LogP contribution in [0.15, 0.2) is 42.5 Å². The minimum absolute atomic E-state index is 0.00117. The molecule has 1 amide bonds. The number of hydrogen-bond acceptors (Lipinski definition) is 3. The van der Waals surface area contributed by atoms with Gasteiger partial charge < -0.3 is 10.0 Å². The lowest BCUT2D eigenvalue weighted by Crippen LogP contribution is -2.49. The van der Waals surface area contributed by atoms with Gasteiger partial charge in [-0.2, -0.15) is 0 Å². The Hall–Kier alpha value is -2.47. The molecule has 4 nitrogen and oxygen atoms in total. The van der Waals surface area contributed by atoms with Gasteiger partial charge in [0.15, 0.2) is 0 Å². The van der Waals surface area contributed by atoms with Crippen LogP contribution in [0.1, 0.15) is 35.4 Å². The van der Waals surface area contributed by atoms with E-state index in [1.807, 2.05) is 11.0 Å². The predicted octanol–water partition coefficient (Wildman–Crippen LogP) is 3.77. The lowest BCUT2D eigenvalue weighted by Gasteiger charge is -2.37. The predicted molar refractivity (Wildman–Crippen MR) is 107 cm³/mol. The number of aryl methyl sites for hydroxylation is 1. The highest BCUT2D eigenvalue weighted by Crippen LogP contribution is 2.33. The van der Waals surface area contributed by atoms with Gasteiger partial charge in [-0.3, -0.25) is 9.69 Å². The van der Waals surface area contributed by atoms with E-state index in [0.29, 0.717) is 38.0 Å². The molecule has 1 N–H and O–H groups in total. The number of likely N-dealkylation sites (tertiary alicyclic amines) is 2. The highest BCUT2D eigenvalue weighted by atomic mass is 19.1. The average molecular weight is 400 g/mol. The Bertz CT molecular complexity index is 887. The Morgan fingerprint density at radius 3 is 2.55 bits per heavy atom. The first-order chi connectivity index (χ1) is 13.9. The molecule has 29 heavy (non-hydrogen) atoms.